The predicted molar refractivity (Wildman–Crippen MR) is 108 cm³/mol. The summed E-state index contributed by atoms with van der Waals surface area (Å²) >= 11 is 0. The SMILES string of the molecule is CC(C)N1CCC2(CC1)Oc1ccccc1[C@@H]1CC(c3ccccc3)=NN12. The maximum absolute atomic E-state index is 6.68. The van der Waals surface area contributed by atoms with E-state index in [1.807, 2.05) is 0 Å². The van der Waals surface area contributed by atoms with Gasteiger partial charge in [0.1, 0.15) is 5.75 Å². The summed E-state index contributed by atoms with van der Waals surface area (Å²) in [6.07, 6.45) is 2.92. The van der Waals surface area contributed by atoms with E-state index in [9.17, 15) is 0 Å². The van der Waals surface area contributed by atoms with Crippen LogP contribution in [0.25, 0.3) is 0 Å². The van der Waals surface area contributed by atoms with Crippen molar-refractivity contribution in [2.24, 2.45) is 5.10 Å². The van der Waals surface area contributed by atoms with Crippen molar-refractivity contribution in [3.63, 3.8) is 0 Å². The molecule has 0 saturated carbocycles. The molecule has 27 heavy (non-hydrogen) atoms. The fourth-order valence-electron chi connectivity index (χ4n) is 4.75. The van der Waals surface area contributed by atoms with Gasteiger partial charge in [0.15, 0.2) is 0 Å². The minimum atomic E-state index is -0.319. The molecule has 2 aromatic carbocycles. The molecular formula is C23H27N3O. The topological polar surface area (TPSA) is 28.1 Å². The first-order valence-corrected chi connectivity index (χ1v) is 10.1. The number of rotatable bonds is 2. The molecule has 140 valence electrons. The van der Waals surface area contributed by atoms with E-state index in [-0.39, 0.29) is 11.8 Å². The molecule has 3 aliphatic rings. The molecule has 0 unspecified atom stereocenters. The summed E-state index contributed by atoms with van der Waals surface area (Å²) in [5, 5.41) is 7.43. The summed E-state index contributed by atoms with van der Waals surface area (Å²) in [5.41, 5.74) is 3.34. The van der Waals surface area contributed by atoms with Crippen molar-refractivity contribution in [1.82, 2.24) is 9.91 Å². The minimum Gasteiger partial charge on any atom is -0.466 e. The van der Waals surface area contributed by atoms with Gasteiger partial charge in [0, 0.05) is 44.0 Å². The lowest BCUT2D eigenvalue weighted by molar-refractivity contribution is -0.152. The van der Waals surface area contributed by atoms with Crippen molar-refractivity contribution in [1.29, 1.82) is 0 Å². The van der Waals surface area contributed by atoms with Gasteiger partial charge < -0.3 is 9.64 Å². The molecule has 1 fully saturated rings. The monoisotopic (exact) mass is 361 g/mol. The lowest BCUT2D eigenvalue weighted by atomic mass is 9.90. The van der Waals surface area contributed by atoms with Crippen LogP contribution in [-0.2, 0) is 0 Å². The number of para-hydroxylation sites is 1. The molecule has 0 aliphatic carbocycles. The van der Waals surface area contributed by atoms with Gasteiger partial charge in [-0.05, 0) is 25.5 Å². The predicted octanol–water partition coefficient (Wildman–Crippen LogP) is 4.43. The van der Waals surface area contributed by atoms with Crippen molar-refractivity contribution in [3.8, 4) is 5.75 Å². The van der Waals surface area contributed by atoms with E-state index in [0.29, 0.717) is 6.04 Å². The number of likely N-dealkylation sites (tertiary alicyclic amines) is 1. The molecule has 3 heterocycles. The van der Waals surface area contributed by atoms with Gasteiger partial charge in [-0.3, -0.25) is 0 Å². The number of hydrazone groups is 1. The highest BCUT2D eigenvalue weighted by Gasteiger charge is 2.51. The highest BCUT2D eigenvalue weighted by molar-refractivity contribution is 6.01. The Balaban J connectivity index is 1.53. The Bertz CT molecular complexity index is 853. The van der Waals surface area contributed by atoms with Crippen LogP contribution in [0.4, 0.5) is 0 Å². The third-order valence-corrected chi connectivity index (χ3v) is 6.32. The van der Waals surface area contributed by atoms with Gasteiger partial charge in [-0.1, -0.05) is 48.5 Å². The van der Waals surface area contributed by atoms with Crippen LogP contribution >= 0.6 is 0 Å². The highest BCUT2D eigenvalue weighted by Crippen LogP contribution is 2.49. The molecule has 0 radical (unpaired) electrons. The second-order valence-corrected chi connectivity index (χ2v) is 8.19. The van der Waals surface area contributed by atoms with Gasteiger partial charge in [0.25, 0.3) is 0 Å². The van der Waals surface area contributed by atoms with Gasteiger partial charge in [0.2, 0.25) is 5.72 Å². The van der Waals surface area contributed by atoms with Crippen molar-refractivity contribution >= 4 is 5.71 Å². The first kappa shape index (κ1) is 16.8. The van der Waals surface area contributed by atoms with Gasteiger partial charge in [-0.2, -0.15) is 5.10 Å². The first-order valence-electron chi connectivity index (χ1n) is 10.1. The van der Waals surface area contributed by atoms with Crippen LogP contribution in [-0.4, -0.2) is 40.5 Å². The lowest BCUT2D eigenvalue weighted by Gasteiger charge is -2.51. The Morgan fingerprint density at radius 1 is 1.00 bits per heavy atom. The zero-order chi connectivity index (χ0) is 18.4. The normalized spacial score (nSPS) is 23.7. The third-order valence-electron chi connectivity index (χ3n) is 6.32. The van der Waals surface area contributed by atoms with Crippen LogP contribution in [0.1, 0.15) is 50.3 Å². The van der Waals surface area contributed by atoms with Gasteiger partial charge >= 0.3 is 0 Å². The summed E-state index contributed by atoms with van der Waals surface area (Å²) < 4.78 is 6.68. The van der Waals surface area contributed by atoms with Crippen LogP contribution in [0.15, 0.2) is 59.7 Å². The molecule has 0 amide bonds. The Morgan fingerprint density at radius 3 is 2.44 bits per heavy atom. The number of hydrogen-bond donors (Lipinski definition) is 0. The van der Waals surface area contributed by atoms with Gasteiger partial charge in [0.05, 0.1) is 11.8 Å². The zero-order valence-corrected chi connectivity index (χ0v) is 16.1. The molecule has 0 N–H and O–H groups in total. The van der Waals surface area contributed by atoms with E-state index >= 15 is 0 Å². The molecule has 1 atom stereocenters. The Labute approximate surface area is 161 Å². The number of ether oxygens (including phenoxy) is 1. The van der Waals surface area contributed by atoms with Gasteiger partial charge in [-0.15, -0.1) is 0 Å². The summed E-state index contributed by atoms with van der Waals surface area (Å²) in [6, 6.07) is 20.0. The number of hydrogen-bond acceptors (Lipinski definition) is 4. The van der Waals surface area contributed by atoms with Crippen LogP contribution in [0.5, 0.6) is 5.75 Å². The van der Waals surface area contributed by atoms with Crippen molar-refractivity contribution in [2.45, 2.75) is 50.9 Å². The van der Waals surface area contributed by atoms with Crippen LogP contribution < -0.4 is 4.74 Å². The summed E-state index contributed by atoms with van der Waals surface area (Å²) in [7, 11) is 0. The molecule has 0 bridgehead atoms. The summed E-state index contributed by atoms with van der Waals surface area (Å²) in [5.74, 6) is 1.04. The van der Waals surface area contributed by atoms with E-state index in [1.54, 1.807) is 0 Å². The first-order chi connectivity index (χ1) is 13.2. The molecule has 5 rings (SSSR count). The fourth-order valence-corrected chi connectivity index (χ4v) is 4.75. The second-order valence-electron chi connectivity index (χ2n) is 8.19. The standard InChI is InChI=1S/C23H27N3O/c1-17(2)25-14-12-23(13-15-25)26-21(19-10-6-7-11-22(19)27-23)16-20(24-26)18-8-4-3-5-9-18/h3-11,17,21H,12-16H2,1-2H3/t21-/m0/s1. The van der Waals surface area contributed by atoms with Crippen LogP contribution in [0, 0.1) is 0 Å². The molecular weight excluding hydrogens is 334 g/mol. The quantitative estimate of drug-likeness (QED) is 0.792. The van der Waals surface area contributed by atoms with Crippen LogP contribution in [0.3, 0.4) is 0 Å². The Morgan fingerprint density at radius 2 is 1.70 bits per heavy atom. The van der Waals surface area contributed by atoms with E-state index in [0.717, 1.165) is 38.1 Å². The maximum atomic E-state index is 6.68. The Kier molecular flexibility index (Phi) is 3.97. The van der Waals surface area contributed by atoms with Crippen LogP contribution in [0.2, 0.25) is 0 Å². The van der Waals surface area contributed by atoms with Crippen molar-refractivity contribution in [3.05, 3.63) is 65.7 Å². The minimum absolute atomic E-state index is 0.274. The molecule has 3 aliphatic heterocycles. The van der Waals surface area contributed by atoms with E-state index in [1.165, 1.54) is 16.8 Å². The molecule has 1 spiro atoms. The molecule has 4 heteroatoms. The largest absolute Gasteiger partial charge is 0.466 e. The highest BCUT2D eigenvalue weighted by atomic mass is 16.5. The summed E-state index contributed by atoms with van der Waals surface area (Å²) in [4.78, 5) is 2.54. The average molecular weight is 361 g/mol. The third kappa shape index (κ3) is 2.74. The number of nitrogens with zero attached hydrogens (tertiary/aromatic N) is 3. The average Bonchev–Trinajstić information content (AvgIpc) is 3.16. The number of fused-ring (bicyclic) bond motifs is 4. The van der Waals surface area contributed by atoms with E-state index in [4.69, 9.17) is 9.84 Å². The lowest BCUT2D eigenvalue weighted by Crippen LogP contribution is -2.59. The fraction of sp³-hybridized carbons (Fsp3) is 0.435. The summed E-state index contributed by atoms with van der Waals surface area (Å²) in [6.45, 7) is 6.66. The van der Waals surface area contributed by atoms with Crippen molar-refractivity contribution < 1.29 is 4.74 Å². The zero-order valence-electron chi connectivity index (χ0n) is 16.1. The smallest absolute Gasteiger partial charge is 0.200 e. The van der Waals surface area contributed by atoms with Gasteiger partial charge in [-0.25, -0.2) is 5.01 Å². The molecule has 0 aromatic heterocycles. The van der Waals surface area contributed by atoms with E-state index < -0.39 is 0 Å². The van der Waals surface area contributed by atoms with Crippen molar-refractivity contribution in [2.75, 3.05) is 13.1 Å². The Hall–Kier alpha value is -2.33. The number of piperidine rings is 1. The second kappa shape index (κ2) is 6.38. The van der Waals surface area contributed by atoms with E-state index in [2.05, 4.69) is 78.4 Å². The maximum Gasteiger partial charge on any atom is 0.200 e. The molecule has 4 nitrogen and oxygen atoms in total. The molecule has 2 aromatic rings. The molecule has 1 saturated heterocycles. The number of benzene rings is 2.